The van der Waals surface area contributed by atoms with E-state index in [1.807, 2.05) is 0 Å². The van der Waals surface area contributed by atoms with E-state index in [0.717, 1.165) is 64.2 Å². The number of rotatable bonds is 11. The highest BCUT2D eigenvalue weighted by Crippen LogP contribution is 2.48. The van der Waals surface area contributed by atoms with E-state index >= 15 is 0 Å². The number of hydrogen-bond donors (Lipinski definition) is 2. The number of methoxy groups -OCH3 is 1. The Labute approximate surface area is 256 Å². The Hall–Kier alpha value is -2.21. The lowest BCUT2D eigenvalue weighted by Gasteiger charge is -2.29. The van der Waals surface area contributed by atoms with Crippen molar-refractivity contribution in [3.63, 3.8) is 0 Å². The Kier molecular flexibility index (Phi) is 11.9. The second-order valence-corrected chi connectivity index (χ2v) is 15.0. The molecule has 244 valence electrons. The molecule has 2 heterocycles. The van der Waals surface area contributed by atoms with Crippen molar-refractivity contribution in [2.75, 3.05) is 20.3 Å². The van der Waals surface area contributed by atoms with E-state index in [-0.39, 0.29) is 37.3 Å². The van der Waals surface area contributed by atoms with Crippen LogP contribution in [0.1, 0.15) is 116 Å². The second-order valence-electron chi connectivity index (χ2n) is 13.0. The number of carbonyl (C=O) groups excluding carboxylic acids is 4. The summed E-state index contributed by atoms with van der Waals surface area (Å²) in [5, 5.41) is 2.35. The first-order valence-electron chi connectivity index (χ1n) is 16.5. The highest BCUT2D eigenvalue weighted by molar-refractivity contribution is 7.91. The summed E-state index contributed by atoms with van der Waals surface area (Å²) in [6.45, 7) is 2.65. The molecule has 43 heavy (non-hydrogen) atoms. The minimum Gasteiger partial charge on any atom is -0.466 e. The Morgan fingerprint density at radius 2 is 1.70 bits per heavy atom. The standard InChI is InChI=1S/C31H51N3O8S/c1-3-4-5-12-17-42-27(35)18-22-13-10-8-6-7-9-11-14-23-20-31(23,30(38)33-43(39,40)25-15-16-25)32-28(36)26-19-24(41-2)21-34(26)29(22)37/h22-26H,3-21H2,1-2H3,(H,32,36)(H,33,38)/t22-,23+,24-,26+,31-/m1/s1. The topological polar surface area (TPSA) is 148 Å². The van der Waals surface area contributed by atoms with Crippen LogP contribution in [-0.2, 0) is 38.7 Å². The molecule has 0 aromatic heterocycles. The molecule has 0 unspecified atom stereocenters. The quantitative estimate of drug-likeness (QED) is 0.262. The molecule has 2 aliphatic heterocycles. The molecular formula is C31H51N3O8S. The number of unbranched alkanes of at least 4 members (excludes halogenated alkanes) is 3. The highest BCUT2D eigenvalue weighted by atomic mass is 32.2. The third-order valence-electron chi connectivity index (χ3n) is 9.61. The van der Waals surface area contributed by atoms with Crippen LogP contribution >= 0.6 is 0 Å². The van der Waals surface area contributed by atoms with Crippen molar-refractivity contribution >= 4 is 33.7 Å². The van der Waals surface area contributed by atoms with Crippen LogP contribution in [0.15, 0.2) is 0 Å². The molecule has 4 fully saturated rings. The van der Waals surface area contributed by atoms with Crippen molar-refractivity contribution in [3.05, 3.63) is 0 Å². The van der Waals surface area contributed by atoms with Crippen LogP contribution in [0.3, 0.4) is 0 Å². The molecule has 3 amide bonds. The van der Waals surface area contributed by atoms with E-state index in [1.165, 1.54) is 12.0 Å². The maximum absolute atomic E-state index is 14.0. The Morgan fingerprint density at radius 1 is 1.00 bits per heavy atom. The average Bonchev–Trinajstić information content (AvgIpc) is 3.89. The number of hydrogen-bond acceptors (Lipinski definition) is 8. The number of nitrogens with one attached hydrogen (secondary N) is 2. The molecule has 4 rings (SSSR count). The maximum atomic E-state index is 14.0. The third kappa shape index (κ3) is 8.93. The maximum Gasteiger partial charge on any atom is 0.306 e. The molecule has 0 aromatic rings. The molecule has 4 aliphatic rings. The fourth-order valence-electron chi connectivity index (χ4n) is 6.62. The van der Waals surface area contributed by atoms with Crippen molar-refractivity contribution in [1.82, 2.24) is 14.9 Å². The summed E-state index contributed by atoms with van der Waals surface area (Å²) in [4.78, 5) is 55.5. The average molecular weight is 626 g/mol. The fraction of sp³-hybridized carbons (Fsp3) is 0.871. The zero-order valence-electron chi connectivity index (χ0n) is 25.9. The lowest BCUT2D eigenvalue weighted by atomic mass is 9.94. The molecule has 0 aromatic carbocycles. The predicted molar refractivity (Wildman–Crippen MR) is 160 cm³/mol. The summed E-state index contributed by atoms with van der Waals surface area (Å²) in [6.07, 6.45) is 12.1. The number of amides is 3. The molecule has 2 aliphatic carbocycles. The van der Waals surface area contributed by atoms with E-state index < -0.39 is 50.6 Å². The van der Waals surface area contributed by atoms with Gasteiger partial charge in [0.25, 0.3) is 5.91 Å². The molecule has 5 atom stereocenters. The minimum atomic E-state index is -3.78. The van der Waals surface area contributed by atoms with Gasteiger partial charge in [0.15, 0.2) is 0 Å². The van der Waals surface area contributed by atoms with Crippen molar-refractivity contribution in [3.8, 4) is 0 Å². The van der Waals surface area contributed by atoms with Gasteiger partial charge < -0.3 is 19.7 Å². The second kappa shape index (κ2) is 15.2. The van der Waals surface area contributed by atoms with Gasteiger partial charge in [0.1, 0.15) is 11.6 Å². The molecule has 2 N–H and O–H groups in total. The predicted octanol–water partition coefficient (Wildman–Crippen LogP) is 3.35. The van der Waals surface area contributed by atoms with E-state index in [1.54, 1.807) is 0 Å². The lowest BCUT2D eigenvalue weighted by molar-refractivity contribution is -0.150. The number of fused-ring (bicyclic) bond motifs is 2. The molecule has 0 bridgehead atoms. The Balaban J connectivity index is 1.50. The van der Waals surface area contributed by atoms with Crippen LogP contribution in [0.25, 0.3) is 0 Å². The SMILES string of the molecule is CCCCCCOC(=O)C[C@H]1CCCCCCCC[C@H]2C[C@@]2(C(=O)NS(=O)(=O)C2CC2)NC(=O)[C@@H]2C[C@@H](OC)CN2C1=O. The summed E-state index contributed by atoms with van der Waals surface area (Å²) in [7, 11) is -2.25. The van der Waals surface area contributed by atoms with Gasteiger partial charge >= 0.3 is 5.97 Å². The summed E-state index contributed by atoms with van der Waals surface area (Å²) in [5.41, 5.74) is -1.31. The van der Waals surface area contributed by atoms with Crippen LogP contribution in [0.4, 0.5) is 0 Å². The lowest BCUT2D eigenvalue weighted by Crippen LogP contribution is -2.57. The van der Waals surface area contributed by atoms with Gasteiger partial charge in [-0.15, -0.1) is 0 Å². The monoisotopic (exact) mass is 625 g/mol. The highest BCUT2D eigenvalue weighted by Gasteiger charge is 2.62. The zero-order valence-corrected chi connectivity index (χ0v) is 26.8. The minimum absolute atomic E-state index is 0.0391. The van der Waals surface area contributed by atoms with Gasteiger partial charge in [-0.1, -0.05) is 64.7 Å². The summed E-state index contributed by atoms with van der Waals surface area (Å²) in [5.74, 6) is -2.63. The van der Waals surface area contributed by atoms with Crippen LogP contribution in [0.2, 0.25) is 0 Å². The van der Waals surface area contributed by atoms with Gasteiger partial charge in [0.05, 0.1) is 24.4 Å². The van der Waals surface area contributed by atoms with Crippen molar-refractivity contribution < 1.29 is 37.1 Å². The number of carbonyl (C=O) groups is 4. The fourth-order valence-corrected chi connectivity index (χ4v) is 7.99. The van der Waals surface area contributed by atoms with Crippen molar-refractivity contribution in [2.45, 2.75) is 139 Å². The van der Waals surface area contributed by atoms with Crippen LogP contribution in [0, 0.1) is 11.8 Å². The van der Waals surface area contributed by atoms with Crippen LogP contribution < -0.4 is 10.0 Å². The van der Waals surface area contributed by atoms with E-state index in [4.69, 9.17) is 9.47 Å². The molecule has 0 radical (unpaired) electrons. The number of ether oxygens (including phenoxy) is 2. The normalized spacial score (nSPS) is 30.6. The van der Waals surface area contributed by atoms with Gasteiger partial charge in [-0.25, -0.2) is 8.42 Å². The number of sulfonamides is 1. The van der Waals surface area contributed by atoms with Gasteiger partial charge in [0.2, 0.25) is 21.8 Å². The Bertz CT molecular complexity index is 1110. The van der Waals surface area contributed by atoms with Gasteiger partial charge in [0, 0.05) is 26.0 Å². The number of esters is 1. The van der Waals surface area contributed by atoms with Gasteiger partial charge in [-0.2, -0.15) is 0 Å². The first-order chi connectivity index (χ1) is 20.6. The largest absolute Gasteiger partial charge is 0.466 e. The molecule has 12 heteroatoms. The van der Waals surface area contributed by atoms with Crippen molar-refractivity contribution in [1.29, 1.82) is 0 Å². The van der Waals surface area contributed by atoms with E-state index in [9.17, 15) is 27.6 Å². The Morgan fingerprint density at radius 3 is 2.37 bits per heavy atom. The van der Waals surface area contributed by atoms with Gasteiger partial charge in [-0.3, -0.25) is 23.9 Å². The zero-order chi connectivity index (χ0) is 31.0. The molecule has 0 spiro atoms. The first kappa shape index (κ1) is 33.7. The molecule has 2 saturated carbocycles. The summed E-state index contributed by atoms with van der Waals surface area (Å²) in [6, 6.07) is -0.885. The first-order valence-corrected chi connectivity index (χ1v) is 18.0. The summed E-state index contributed by atoms with van der Waals surface area (Å²) < 4.78 is 38.5. The molecule has 11 nitrogen and oxygen atoms in total. The van der Waals surface area contributed by atoms with Crippen LogP contribution in [0.5, 0.6) is 0 Å². The molecular weight excluding hydrogens is 574 g/mol. The van der Waals surface area contributed by atoms with E-state index in [2.05, 4.69) is 17.0 Å². The van der Waals surface area contributed by atoms with E-state index in [0.29, 0.717) is 38.7 Å². The van der Waals surface area contributed by atoms with Crippen LogP contribution in [-0.4, -0.2) is 80.2 Å². The number of nitrogens with zero attached hydrogens (tertiary/aromatic N) is 1. The smallest absolute Gasteiger partial charge is 0.306 e. The summed E-state index contributed by atoms with van der Waals surface area (Å²) >= 11 is 0. The third-order valence-corrected chi connectivity index (χ3v) is 11.4. The van der Waals surface area contributed by atoms with Gasteiger partial charge in [-0.05, 0) is 44.4 Å². The van der Waals surface area contributed by atoms with Crippen molar-refractivity contribution in [2.24, 2.45) is 11.8 Å². The molecule has 2 saturated heterocycles.